The largest absolute Gasteiger partial charge is 0.489 e. The van der Waals surface area contributed by atoms with Crippen LogP contribution in [0.3, 0.4) is 0 Å². The Hall–Kier alpha value is -2.01. The van der Waals surface area contributed by atoms with Crippen molar-refractivity contribution in [3.05, 3.63) is 35.7 Å². The summed E-state index contributed by atoms with van der Waals surface area (Å²) in [4.78, 5) is 9.85. The summed E-state index contributed by atoms with van der Waals surface area (Å²) >= 11 is 5.91. The first-order valence-corrected chi connectivity index (χ1v) is 5.99. The van der Waals surface area contributed by atoms with Crippen LogP contribution in [0.25, 0.3) is 0 Å². The second-order valence-electron chi connectivity index (χ2n) is 4.00. The van der Waals surface area contributed by atoms with Crippen LogP contribution in [0.4, 0.5) is 5.69 Å². The topological polar surface area (TPSA) is 47.5 Å². The van der Waals surface area contributed by atoms with Gasteiger partial charge in [0.25, 0.3) is 5.88 Å². The Kier molecular flexibility index (Phi) is 4.06. The lowest BCUT2D eigenvalue weighted by atomic mass is 10.3. The zero-order valence-corrected chi connectivity index (χ0v) is 11.7. The molecule has 0 amide bonds. The van der Waals surface area contributed by atoms with E-state index in [2.05, 4.69) is 9.97 Å². The molecular weight excluding hydrogens is 266 g/mol. The van der Waals surface area contributed by atoms with Gasteiger partial charge in [0.1, 0.15) is 12.1 Å². The number of benzene rings is 1. The zero-order chi connectivity index (χ0) is 13.8. The molecule has 0 aliphatic heterocycles. The summed E-state index contributed by atoms with van der Waals surface area (Å²) in [6, 6.07) is 7.62. The summed E-state index contributed by atoms with van der Waals surface area (Å²) in [7, 11) is 5.41. The number of aromatic nitrogens is 2. The van der Waals surface area contributed by atoms with Crippen molar-refractivity contribution >= 4 is 17.3 Å². The van der Waals surface area contributed by atoms with E-state index >= 15 is 0 Å². The van der Waals surface area contributed by atoms with Crippen LogP contribution in [0, 0.1) is 0 Å². The van der Waals surface area contributed by atoms with E-state index in [1.165, 1.54) is 13.4 Å². The number of anilines is 1. The molecule has 0 saturated carbocycles. The molecule has 0 saturated heterocycles. The van der Waals surface area contributed by atoms with Crippen LogP contribution in [0.1, 0.15) is 0 Å². The molecule has 0 unspecified atom stereocenters. The van der Waals surface area contributed by atoms with Crippen molar-refractivity contribution in [2.45, 2.75) is 0 Å². The van der Waals surface area contributed by atoms with E-state index in [9.17, 15) is 0 Å². The molecule has 0 aliphatic rings. The molecule has 0 bridgehead atoms. The van der Waals surface area contributed by atoms with E-state index in [1.807, 2.05) is 43.3 Å². The molecule has 0 radical (unpaired) electrons. The van der Waals surface area contributed by atoms with Gasteiger partial charge >= 0.3 is 0 Å². The van der Waals surface area contributed by atoms with E-state index in [0.29, 0.717) is 17.4 Å². The summed E-state index contributed by atoms with van der Waals surface area (Å²) in [5.74, 6) is 1.26. The van der Waals surface area contributed by atoms with Gasteiger partial charge in [0, 0.05) is 25.8 Å². The minimum atomic E-state index is 0.219. The molecule has 0 fully saturated rings. The molecule has 1 aromatic carbocycles. The quantitative estimate of drug-likeness (QED) is 0.805. The lowest BCUT2D eigenvalue weighted by molar-refractivity contribution is 0.367. The van der Waals surface area contributed by atoms with Crippen molar-refractivity contribution in [3.8, 4) is 17.4 Å². The number of hydrogen-bond donors (Lipinski definition) is 0. The fourth-order valence-electron chi connectivity index (χ4n) is 1.52. The van der Waals surface area contributed by atoms with Gasteiger partial charge in [0.2, 0.25) is 5.75 Å². The Morgan fingerprint density at radius 3 is 2.68 bits per heavy atom. The summed E-state index contributed by atoms with van der Waals surface area (Å²) in [6.07, 6.45) is 1.33. The lowest BCUT2D eigenvalue weighted by Crippen LogP contribution is -2.08. The second kappa shape index (κ2) is 5.75. The smallest absolute Gasteiger partial charge is 0.267 e. The maximum Gasteiger partial charge on any atom is 0.267 e. The molecule has 2 aromatic rings. The van der Waals surface area contributed by atoms with Crippen molar-refractivity contribution in [2.75, 3.05) is 26.1 Å². The summed E-state index contributed by atoms with van der Waals surface area (Å²) in [5.41, 5.74) is 1.02. The molecular formula is C13H14ClN3O2. The molecule has 0 N–H and O–H groups in total. The van der Waals surface area contributed by atoms with Crippen LogP contribution in [-0.4, -0.2) is 31.2 Å². The first kappa shape index (κ1) is 13.4. The molecule has 0 aliphatic carbocycles. The Morgan fingerprint density at radius 1 is 1.21 bits per heavy atom. The average molecular weight is 280 g/mol. The molecule has 1 heterocycles. The monoisotopic (exact) mass is 279 g/mol. The molecule has 5 nitrogen and oxygen atoms in total. The van der Waals surface area contributed by atoms with E-state index in [1.54, 1.807) is 0 Å². The van der Waals surface area contributed by atoms with Crippen molar-refractivity contribution in [1.29, 1.82) is 0 Å². The zero-order valence-electron chi connectivity index (χ0n) is 10.9. The predicted octanol–water partition coefficient (Wildman–Crippen LogP) is 3.00. The molecule has 19 heavy (non-hydrogen) atoms. The molecule has 6 heteroatoms. The van der Waals surface area contributed by atoms with Gasteiger partial charge in [-0.15, -0.1) is 0 Å². The van der Waals surface area contributed by atoms with Gasteiger partial charge in [-0.3, -0.25) is 0 Å². The fourth-order valence-corrected chi connectivity index (χ4v) is 1.72. The highest BCUT2D eigenvalue weighted by atomic mass is 35.5. The summed E-state index contributed by atoms with van der Waals surface area (Å²) < 4.78 is 10.8. The fraction of sp³-hybridized carbons (Fsp3) is 0.231. The Bertz CT molecular complexity index is 576. The highest BCUT2D eigenvalue weighted by Gasteiger charge is 2.12. The van der Waals surface area contributed by atoms with Crippen molar-refractivity contribution < 1.29 is 9.47 Å². The highest BCUT2D eigenvalue weighted by Crippen LogP contribution is 2.34. The van der Waals surface area contributed by atoms with Gasteiger partial charge < -0.3 is 14.4 Å². The third kappa shape index (κ3) is 3.06. The van der Waals surface area contributed by atoms with E-state index < -0.39 is 0 Å². The number of halogens is 1. The minimum Gasteiger partial charge on any atom is -0.489 e. The molecule has 100 valence electrons. The van der Waals surface area contributed by atoms with Gasteiger partial charge in [0.15, 0.2) is 5.15 Å². The summed E-state index contributed by atoms with van der Waals surface area (Å²) in [5, 5.41) is 0.219. The van der Waals surface area contributed by atoms with Crippen LogP contribution in [0.15, 0.2) is 30.6 Å². The van der Waals surface area contributed by atoms with Gasteiger partial charge in [-0.2, -0.15) is 4.98 Å². The third-order valence-corrected chi connectivity index (χ3v) is 2.75. The van der Waals surface area contributed by atoms with E-state index in [-0.39, 0.29) is 5.15 Å². The van der Waals surface area contributed by atoms with Crippen LogP contribution in [0.5, 0.6) is 17.4 Å². The lowest BCUT2D eigenvalue weighted by Gasteiger charge is -2.14. The number of nitrogens with zero attached hydrogens (tertiary/aromatic N) is 3. The van der Waals surface area contributed by atoms with Gasteiger partial charge in [-0.25, -0.2) is 4.98 Å². The normalized spacial score (nSPS) is 10.1. The number of ether oxygens (including phenoxy) is 2. The maximum atomic E-state index is 5.91. The maximum absolute atomic E-state index is 5.91. The average Bonchev–Trinajstić information content (AvgIpc) is 2.39. The molecule has 1 aromatic heterocycles. The highest BCUT2D eigenvalue weighted by molar-refractivity contribution is 6.31. The second-order valence-corrected chi connectivity index (χ2v) is 4.35. The number of rotatable bonds is 4. The van der Waals surface area contributed by atoms with Gasteiger partial charge in [-0.05, 0) is 12.1 Å². The predicted molar refractivity (Wildman–Crippen MR) is 74.4 cm³/mol. The number of methoxy groups -OCH3 is 1. The Labute approximate surface area is 116 Å². The van der Waals surface area contributed by atoms with Crippen molar-refractivity contribution in [3.63, 3.8) is 0 Å². The van der Waals surface area contributed by atoms with Crippen molar-refractivity contribution in [2.24, 2.45) is 0 Å². The van der Waals surface area contributed by atoms with Crippen LogP contribution in [-0.2, 0) is 0 Å². The van der Waals surface area contributed by atoms with E-state index in [0.717, 1.165) is 5.69 Å². The minimum absolute atomic E-state index is 0.219. The van der Waals surface area contributed by atoms with Gasteiger partial charge in [-0.1, -0.05) is 17.7 Å². The number of hydrogen-bond acceptors (Lipinski definition) is 5. The SMILES string of the molecule is COc1c(Cl)ncnc1Oc1cccc(N(C)C)c1. The Balaban J connectivity index is 2.31. The molecule has 2 rings (SSSR count). The molecule has 0 atom stereocenters. The van der Waals surface area contributed by atoms with E-state index in [4.69, 9.17) is 21.1 Å². The van der Waals surface area contributed by atoms with Crippen LogP contribution >= 0.6 is 11.6 Å². The molecule has 0 spiro atoms. The first-order chi connectivity index (χ1) is 9.11. The standard InChI is InChI=1S/C13H14ClN3O2/c1-17(2)9-5-4-6-10(7-9)19-13-11(18-3)12(14)15-8-16-13/h4-8H,1-3H3. The van der Waals surface area contributed by atoms with Crippen molar-refractivity contribution in [1.82, 2.24) is 9.97 Å². The van der Waals surface area contributed by atoms with Crippen LogP contribution < -0.4 is 14.4 Å². The summed E-state index contributed by atoms with van der Waals surface area (Å²) in [6.45, 7) is 0. The third-order valence-electron chi connectivity index (χ3n) is 2.48. The van der Waals surface area contributed by atoms with Gasteiger partial charge in [0.05, 0.1) is 7.11 Å². The van der Waals surface area contributed by atoms with Crippen LogP contribution in [0.2, 0.25) is 5.15 Å². The first-order valence-electron chi connectivity index (χ1n) is 5.61. The Morgan fingerprint density at radius 2 is 2.00 bits per heavy atom.